The van der Waals surface area contributed by atoms with Crippen molar-refractivity contribution in [1.29, 1.82) is 0 Å². The van der Waals surface area contributed by atoms with E-state index in [1.807, 2.05) is 185 Å². The smallest absolute Gasteiger partial charge is 0.462 e. The molecule has 708 valence electrons. The maximum Gasteiger partial charge on any atom is 0.475 e. The van der Waals surface area contributed by atoms with E-state index in [1.54, 1.807) is 76.2 Å². The van der Waals surface area contributed by atoms with Crippen molar-refractivity contribution >= 4 is 45.9 Å². The number of hydrogen-bond donors (Lipinski definition) is 1. The maximum atomic E-state index is 16.3. The molecular formula is C99H127N4O26PSi. The van der Waals surface area contributed by atoms with Gasteiger partial charge >= 0.3 is 31.7 Å². The van der Waals surface area contributed by atoms with Crippen LogP contribution in [0.2, 0.25) is 18.1 Å². The lowest BCUT2D eigenvalue weighted by molar-refractivity contribution is -0.337. The first-order valence-corrected chi connectivity index (χ1v) is 49.7. The second-order valence-corrected chi connectivity index (χ2v) is 41.4. The lowest BCUT2D eigenvalue weighted by Gasteiger charge is -2.50. The molecule has 7 aromatic carbocycles. The van der Waals surface area contributed by atoms with Crippen molar-refractivity contribution in [2.75, 3.05) is 19.8 Å². The molecule has 0 bridgehead atoms. The number of carbonyl (C=O) groups excluding carboxylic acids is 5. The van der Waals surface area contributed by atoms with Gasteiger partial charge in [-0.1, -0.05) is 267 Å². The third kappa shape index (κ3) is 28.3. The molecule has 0 radical (unpaired) electrons. The van der Waals surface area contributed by atoms with Crippen molar-refractivity contribution in [1.82, 2.24) is 5.32 Å². The predicted molar refractivity (Wildman–Crippen MR) is 483 cm³/mol. The van der Waals surface area contributed by atoms with Gasteiger partial charge in [-0.25, -0.2) is 9.36 Å². The molecule has 12 rings (SSSR count). The minimum atomic E-state index is -5.05. The van der Waals surface area contributed by atoms with Crippen molar-refractivity contribution in [3.05, 3.63) is 261 Å². The number of rotatable bonds is 47. The van der Waals surface area contributed by atoms with Gasteiger partial charge in [0.2, 0.25) is 5.91 Å². The van der Waals surface area contributed by atoms with Crippen LogP contribution in [0.1, 0.15) is 165 Å². The van der Waals surface area contributed by atoms with Crippen LogP contribution >= 0.6 is 7.82 Å². The second kappa shape index (κ2) is 48.3. The van der Waals surface area contributed by atoms with Crippen LogP contribution in [-0.4, -0.2) is 174 Å². The summed E-state index contributed by atoms with van der Waals surface area (Å²) in [7, 11) is -8.19. The summed E-state index contributed by atoms with van der Waals surface area (Å²) in [6, 6.07) is 59.8. The SMILES string of the molecule is CCC(=O)O[C@H](CC)CC(=O)NC1[C@H](OCC2O[C@@H](O[Si](C)(C)C(C)(C)C(C)C)C(N=[N+]=[N-])[C@@H](OC(=O)C[C@H](CC)OCc3ccccc3)[C@@H]2OCc2ccccc2)OC(CO[C@]2(C(=O)OCc3ccccc3)C[C@H]3OC(C)(C)O[C@H]3C([C@H](COCc3ccccc3)OCc3ccccc3)O2)[C@H](OP2(=O)OCc3ccccc3CO2)[C@@H]1OC(=O)C[C@H](CC)OCc1ccccc1. The molecule has 1 N–H and O–H groups in total. The summed E-state index contributed by atoms with van der Waals surface area (Å²) >= 11 is 0. The fraction of sp³-hybridized carbons (Fsp3) is 0.525. The fourth-order valence-electron chi connectivity index (χ4n) is 16.1. The van der Waals surface area contributed by atoms with Crippen LogP contribution in [0.25, 0.3) is 10.4 Å². The van der Waals surface area contributed by atoms with E-state index in [0.29, 0.717) is 28.7 Å². The van der Waals surface area contributed by atoms with E-state index >= 15 is 23.7 Å². The molecule has 4 saturated heterocycles. The van der Waals surface area contributed by atoms with Crippen LogP contribution in [0, 0.1) is 5.92 Å². The van der Waals surface area contributed by atoms with E-state index in [0.717, 1.165) is 22.3 Å². The van der Waals surface area contributed by atoms with Gasteiger partial charge in [-0.2, -0.15) is 0 Å². The fourth-order valence-corrected chi connectivity index (χ4v) is 19.9. The van der Waals surface area contributed by atoms with Crippen molar-refractivity contribution < 1.29 is 122 Å². The summed E-state index contributed by atoms with van der Waals surface area (Å²) in [5, 5.41) is 6.88. The molecule has 5 heterocycles. The summed E-state index contributed by atoms with van der Waals surface area (Å²) in [4.78, 5) is 79.4. The largest absolute Gasteiger partial charge is 0.475 e. The molecule has 0 aromatic heterocycles. The van der Waals surface area contributed by atoms with Crippen LogP contribution in [-0.2, 0) is 175 Å². The van der Waals surface area contributed by atoms with E-state index in [2.05, 4.69) is 43.0 Å². The molecule has 0 saturated carbocycles. The number of azide groups is 1. The third-order valence-corrected chi connectivity index (χ3v) is 30.7. The minimum Gasteiger partial charge on any atom is -0.462 e. The molecule has 131 heavy (non-hydrogen) atoms. The highest BCUT2D eigenvalue weighted by Crippen LogP contribution is 2.56. The number of phosphoric ester groups is 1. The summed E-state index contributed by atoms with van der Waals surface area (Å²) in [6.45, 7) is 20.5. The van der Waals surface area contributed by atoms with Crippen molar-refractivity contribution in [2.24, 2.45) is 11.0 Å². The number of nitrogens with zero attached hydrogens (tertiary/aromatic N) is 3. The lowest BCUT2D eigenvalue weighted by atomic mass is 9.92. The Bertz CT molecular complexity index is 4810. The minimum absolute atomic E-state index is 0.0237. The highest BCUT2D eigenvalue weighted by Gasteiger charge is 2.64. The molecule has 30 nitrogen and oxygen atoms in total. The Labute approximate surface area is 768 Å². The van der Waals surface area contributed by atoms with Gasteiger partial charge in [0.05, 0.1) is 104 Å². The first kappa shape index (κ1) is 101. The van der Waals surface area contributed by atoms with Crippen LogP contribution in [0.3, 0.4) is 0 Å². The van der Waals surface area contributed by atoms with E-state index < -0.39 is 199 Å². The quantitative estimate of drug-likeness (QED) is 0.00704. The Morgan fingerprint density at radius 3 is 1.55 bits per heavy atom. The average molecular weight is 1850 g/mol. The van der Waals surface area contributed by atoms with Gasteiger partial charge in [-0.05, 0) is 107 Å². The summed E-state index contributed by atoms with van der Waals surface area (Å²) in [5.74, 6) is -8.04. The standard InChI is InChI=1S/C99H127N4O26PSi/c1-13-75(111-56-68-39-25-18-26-40-68)52-84(106)123-92-86(101-82(104)51-77(15-3)120-83(105)16-4)94(115-64-80-88(114-59-71-45-31-21-32-46-71)93(124-85(107)53-76(14-2)112-57-69-41-27-19-28-42-69)87(102-103-100)95(122-80)129-131(11,12)97(7,8)66(5)6)121-81(91(92)128-130(109)118-61-73-49-35-36-50-74(73)62-119-130)65-117-99(96(108)116-60-72-47-33-22-34-48-72)54-78-89(126-98(9,10)125-78)90(127-99)79(113-58-70-43-29-20-30-44-70)63-110-55-67-37-23-17-24-38-67/h17-50,66,75-81,86-95H,13-16,51-65H2,1-12H3,(H,101,104)/t75-,76-,77+,78+,79-,80?,81?,86?,87?,88+,89+,90?,91-,92+,93+,94+,95-,99+/m0/s1. The molecule has 4 fully saturated rings. The van der Waals surface area contributed by atoms with Crippen LogP contribution < -0.4 is 5.32 Å². The van der Waals surface area contributed by atoms with Crippen molar-refractivity contribution in [2.45, 2.75) is 307 Å². The van der Waals surface area contributed by atoms with Gasteiger partial charge in [0.25, 0.3) is 5.79 Å². The lowest BCUT2D eigenvalue weighted by Crippen LogP contribution is -2.68. The Morgan fingerprint density at radius 1 is 0.557 bits per heavy atom. The summed E-state index contributed by atoms with van der Waals surface area (Å²) < 4.78 is 153. The first-order chi connectivity index (χ1) is 63.1. The predicted octanol–water partition coefficient (Wildman–Crippen LogP) is 17.4. The van der Waals surface area contributed by atoms with Crippen LogP contribution in [0.15, 0.2) is 211 Å². The molecule has 7 aromatic rings. The van der Waals surface area contributed by atoms with Crippen LogP contribution in [0.5, 0.6) is 0 Å². The average Bonchev–Trinajstić information content (AvgIpc) is 1.64. The Kier molecular flexibility index (Phi) is 37.2. The maximum absolute atomic E-state index is 16.3. The van der Waals surface area contributed by atoms with Gasteiger partial charge in [-0.3, -0.25) is 32.7 Å². The molecule has 5 aliphatic heterocycles. The number of ether oxygens (including phenoxy) is 16. The molecule has 0 aliphatic carbocycles. The van der Waals surface area contributed by atoms with E-state index in [4.69, 9.17) is 93.8 Å². The first-order valence-electron chi connectivity index (χ1n) is 45.4. The highest BCUT2D eigenvalue weighted by molar-refractivity contribution is 7.48. The number of benzene rings is 7. The highest BCUT2D eigenvalue weighted by atomic mass is 31.2. The number of phosphoric acid groups is 1. The summed E-state index contributed by atoms with van der Waals surface area (Å²) in [6.07, 6.45) is -21.5. The molecule has 5 unspecified atom stereocenters. The Morgan fingerprint density at radius 2 is 1.04 bits per heavy atom. The number of amides is 1. The normalized spacial score (nSPS) is 25.0. The number of hydrogen-bond acceptors (Lipinski definition) is 27. The number of nitrogens with one attached hydrogen (secondary N) is 1. The van der Waals surface area contributed by atoms with Gasteiger partial charge in [0.15, 0.2) is 32.8 Å². The van der Waals surface area contributed by atoms with Gasteiger partial charge in [0, 0.05) is 17.8 Å². The number of esters is 4. The number of carbonyl (C=O) groups is 5. The Balaban J connectivity index is 1.02. The molecule has 0 spiro atoms. The zero-order valence-electron chi connectivity index (χ0n) is 76.9. The van der Waals surface area contributed by atoms with E-state index in [1.165, 1.54) is 0 Å². The van der Waals surface area contributed by atoms with Gasteiger partial charge < -0.3 is 85.5 Å². The van der Waals surface area contributed by atoms with Crippen molar-refractivity contribution in [3.63, 3.8) is 0 Å². The zero-order chi connectivity index (χ0) is 93.1. The molecule has 18 atom stereocenters. The number of fused-ring (bicyclic) bond motifs is 2. The van der Waals surface area contributed by atoms with Gasteiger partial charge in [0.1, 0.15) is 73.6 Å². The molecule has 32 heteroatoms. The van der Waals surface area contributed by atoms with Crippen LogP contribution in [0.4, 0.5) is 0 Å². The monoisotopic (exact) mass is 1850 g/mol. The zero-order valence-corrected chi connectivity index (χ0v) is 78.8. The molecule has 5 aliphatic rings. The van der Waals surface area contributed by atoms with E-state index in [9.17, 15) is 10.3 Å². The molecular weight excluding hydrogens is 1720 g/mol. The van der Waals surface area contributed by atoms with Crippen molar-refractivity contribution in [3.8, 4) is 0 Å². The van der Waals surface area contributed by atoms with Gasteiger partial charge in [-0.15, -0.1) is 0 Å². The topological polar surface area (TPSA) is 348 Å². The molecule has 1 amide bonds. The second-order valence-electron chi connectivity index (χ2n) is 35.2. The third-order valence-electron chi connectivity index (χ3n) is 24.8. The Hall–Kier alpha value is -8.99. The van der Waals surface area contributed by atoms with E-state index in [-0.39, 0.29) is 91.1 Å². The summed E-state index contributed by atoms with van der Waals surface area (Å²) in [5.41, 5.74) is 16.6.